The highest BCUT2D eigenvalue weighted by molar-refractivity contribution is 6.30. The van der Waals surface area contributed by atoms with E-state index in [0.29, 0.717) is 22.5 Å². The summed E-state index contributed by atoms with van der Waals surface area (Å²) in [7, 11) is 1.56. The zero-order chi connectivity index (χ0) is 25.6. The highest BCUT2D eigenvalue weighted by atomic mass is 35.5. The summed E-state index contributed by atoms with van der Waals surface area (Å²) in [5.74, 6) is -1.45. The van der Waals surface area contributed by atoms with Gasteiger partial charge in [0.15, 0.2) is 0 Å². The monoisotopic (exact) mass is 515 g/mol. The van der Waals surface area contributed by atoms with Gasteiger partial charge in [-0.05, 0) is 42.5 Å². The Bertz CT molecular complexity index is 1060. The van der Waals surface area contributed by atoms with Crippen LogP contribution in [0.25, 0.3) is 0 Å². The largest absolute Gasteiger partial charge is 0.383 e. The Balaban J connectivity index is 1.42. The summed E-state index contributed by atoms with van der Waals surface area (Å²) in [6.07, 6.45) is 6.21. The van der Waals surface area contributed by atoms with Crippen molar-refractivity contribution in [2.45, 2.75) is 56.9 Å². The van der Waals surface area contributed by atoms with Crippen molar-refractivity contribution in [3.63, 3.8) is 0 Å². The summed E-state index contributed by atoms with van der Waals surface area (Å²) < 4.78 is 11.6. The van der Waals surface area contributed by atoms with E-state index in [0.717, 1.165) is 19.3 Å². The molecular weight excluding hydrogens is 482 g/mol. The van der Waals surface area contributed by atoms with E-state index in [1.165, 1.54) is 0 Å². The van der Waals surface area contributed by atoms with Crippen LogP contribution >= 0.6 is 11.6 Å². The fourth-order valence-corrected chi connectivity index (χ4v) is 6.63. The van der Waals surface area contributed by atoms with Crippen molar-refractivity contribution in [1.29, 1.82) is 0 Å². The zero-order valence-corrected chi connectivity index (χ0v) is 21.7. The van der Waals surface area contributed by atoms with E-state index in [9.17, 15) is 14.4 Å². The predicted octanol–water partition coefficient (Wildman–Crippen LogP) is 3.02. The van der Waals surface area contributed by atoms with E-state index in [4.69, 9.17) is 21.1 Å². The van der Waals surface area contributed by atoms with Crippen molar-refractivity contribution in [3.05, 3.63) is 41.4 Å². The molecule has 1 aromatic carbocycles. The fourth-order valence-electron chi connectivity index (χ4n) is 6.50. The second-order valence-electron chi connectivity index (χ2n) is 10.6. The molecule has 2 N–H and O–H groups in total. The van der Waals surface area contributed by atoms with Crippen LogP contribution in [0.5, 0.6) is 0 Å². The fraction of sp³-hybridized carbons (Fsp3) is 0.593. The third-order valence-corrected chi connectivity index (χ3v) is 8.86. The van der Waals surface area contributed by atoms with E-state index in [1.807, 2.05) is 12.2 Å². The molecule has 8 nitrogen and oxygen atoms in total. The van der Waals surface area contributed by atoms with Crippen LogP contribution in [-0.4, -0.2) is 66.7 Å². The van der Waals surface area contributed by atoms with E-state index in [2.05, 4.69) is 24.5 Å². The predicted molar refractivity (Wildman–Crippen MR) is 135 cm³/mol. The first-order chi connectivity index (χ1) is 17.3. The lowest BCUT2D eigenvalue weighted by atomic mass is 9.73. The molecule has 36 heavy (non-hydrogen) atoms. The van der Waals surface area contributed by atoms with Gasteiger partial charge < -0.3 is 25.0 Å². The molecule has 194 valence electrons. The Morgan fingerprint density at radius 2 is 1.94 bits per heavy atom. The molecule has 1 aliphatic carbocycles. The van der Waals surface area contributed by atoms with Gasteiger partial charge in [-0.25, -0.2) is 0 Å². The number of ether oxygens (including phenoxy) is 2. The quantitative estimate of drug-likeness (QED) is 0.544. The summed E-state index contributed by atoms with van der Waals surface area (Å²) in [5.41, 5.74) is -0.591. The molecule has 0 radical (unpaired) electrons. The van der Waals surface area contributed by atoms with Gasteiger partial charge in [-0.1, -0.05) is 50.4 Å². The first-order valence-corrected chi connectivity index (χ1v) is 13.2. The number of amides is 3. The third kappa shape index (κ3) is 4.13. The second-order valence-corrected chi connectivity index (χ2v) is 11.0. The number of carbonyl (C=O) groups is 3. The minimum Gasteiger partial charge on any atom is -0.383 e. The molecule has 0 aromatic heterocycles. The third-order valence-electron chi connectivity index (χ3n) is 8.61. The zero-order valence-electron chi connectivity index (χ0n) is 20.9. The normalized spacial score (nSPS) is 36.7. The molecule has 1 aromatic rings. The first-order valence-electron chi connectivity index (χ1n) is 12.8. The average Bonchev–Trinajstić information content (AvgIpc) is 3.49. The van der Waals surface area contributed by atoms with E-state index in [1.54, 1.807) is 36.3 Å². The van der Waals surface area contributed by atoms with Crippen molar-refractivity contribution in [1.82, 2.24) is 10.2 Å². The molecule has 3 aliphatic heterocycles. The molecule has 3 amide bonds. The number of rotatable bonds is 7. The van der Waals surface area contributed by atoms with E-state index in [-0.39, 0.29) is 36.9 Å². The van der Waals surface area contributed by atoms with Crippen LogP contribution in [0.4, 0.5) is 5.69 Å². The molecule has 1 saturated carbocycles. The molecular formula is C27H34ClN3O5. The van der Waals surface area contributed by atoms with Gasteiger partial charge in [0.2, 0.25) is 17.7 Å². The lowest BCUT2D eigenvalue weighted by Gasteiger charge is -2.38. The minimum atomic E-state index is -1.18. The number of nitrogens with zero attached hydrogens (tertiary/aromatic N) is 1. The number of methoxy groups -OCH3 is 1. The lowest BCUT2D eigenvalue weighted by Crippen LogP contribution is -2.58. The topological polar surface area (TPSA) is 97.0 Å². The van der Waals surface area contributed by atoms with E-state index < -0.39 is 29.6 Å². The number of hydrogen-bond donors (Lipinski definition) is 2. The Morgan fingerprint density at radius 3 is 2.67 bits per heavy atom. The van der Waals surface area contributed by atoms with Crippen LogP contribution in [0.1, 0.15) is 33.1 Å². The first kappa shape index (κ1) is 25.2. The summed E-state index contributed by atoms with van der Waals surface area (Å²) in [5, 5.41) is 6.71. The highest BCUT2D eigenvalue weighted by Crippen LogP contribution is 2.55. The summed E-state index contributed by atoms with van der Waals surface area (Å²) >= 11 is 5.97. The Morgan fingerprint density at radius 1 is 1.19 bits per heavy atom. The molecule has 5 unspecified atom stereocenters. The van der Waals surface area contributed by atoms with Gasteiger partial charge in [0.25, 0.3) is 0 Å². The number of benzene rings is 1. The molecule has 5 rings (SSSR count). The van der Waals surface area contributed by atoms with Crippen LogP contribution in [0.15, 0.2) is 36.4 Å². The van der Waals surface area contributed by atoms with Crippen molar-refractivity contribution in [2.75, 3.05) is 25.6 Å². The molecule has 2 saturated heterocycles. The van der Waals surface area contributed by atoms with Gasteiger partial charge >= 0.3 is 0 Å². The minimum absolute atomic E-state index is 0.0441. The van der Waals surface area contributed by atoms with Gasteiger partial charge in [-0.3, -0.25) is 14.4 Å². The Kier molecular flexibility index (Phi) is 6.87. The van der Waals surface area contributed by atoms with Gasteiger partial charge in [0.1, 0.15) is 11.6 Å². The maximum atomic E-state index is 13.8. The number of halogens is 1. The number of carbonyl (C=O) groups excluding carboxylic acids is 3. The second kappa shape index (κ2) is 9.80. The number of likely N-dealkylation sites (tertiary alicyclic amines) is 1. The van der Waals surface area contributed by atoms with Crippen molar-refractivity contribution in [3.8, 4) is 0 Å². The van der Waals surface area contributed by atoms with Gasteiger partial charge in [-0.15, -0.1) is 0 Å². The van der Waals surface area contributed by atoms with Crippen molar-refractivity contribution < 1.29 is 23.9 Å². The van der Waals surface area contributed by atoms with Gasteiger partial charge in [0.05, 0.1) is 24.5 Å². The molecule has 3 heterocycles. The number of anilines is 1. The van der Waals surface area contributed by atoms with Crippen molar-refractivity contribution >= 4 is 35.0 Å². The molecule has 1 spiro atoms. The summed E-state index contributed by atoms with van der Waals surface area (Å²) in [6.45, 7) is 4.92. The van der Waals surface area contributed by atoms with Crippen LogP contribution in [0, 0.1) is 23.7 Å². The molecule has 3 fully saturated rings. The summed E-state index contributed by atoms with van der Waals surface area (Å²) in [6, 6.07) is 5.99. The summed E-state index contributed by atoms with van der Waals surface area (Å²) in [4.78, 5) is 42.6. The maximum Gasteiger partial charge on any atom is 0.246 e. The van der Waals surface area contributed by atoms with Gasteiger partial charge in [-0.2, -0.15) is 0 Å². The van der Waals surface area contributed by atoms with Gasteiger partial charge in [0, 0.05) is 30.4 Å². The van der Waals surface area contributed by atoms with Crippen molar-refractivity contribution in [2.24, 2.45) is 23.7 Å². The lowest BCUT2D eigenvalue weighted by molar-refractivity contribution is -0.142. The Labute approximate surface area is 216 Å². The highest BCUT2D eigenvalue weighted by Gasteiger charge is 2.72. The number of nitrogens with one attached hydrogen (secondary N) is 2. The maximum absolute atomic E-state index is 13.8. The molecule has 2 bridgehead atoms. The smallest absolute Gasteiger partial charge is 0.246 e. The molecule has 8 atom stereocenters. The van der Waals surface area contributed by atoms with Crippen LogP contribution in [0.2, 0.25) is 5.02 Å². The van der Waals surface area contributed by atoms with Crippen LogP contribution < -0.4 is 10.6 Å². The molecule has 9 heteroatoms. The number of hydrogen-bond acceptors (Lipinski definition) is 5. The SMILES string of the molecule is COCCN1C(=O)[C@H]2C(C(=O)Nc3ccc(Cl)cc3)[C@H]3C=C[C@@]2(O3)C1C(=O)NC1CCCC(C)C1C. The number of fused-ring (bicyclic) bond motifs is 1. The molecule has 4 aliphatic rings. The Hall–Kier alpha value is -2.42. The van der Waals surface area contributed by atoms with Crippen LogP contribution in [0.3, 0.4) is 0 Å². The van der Waals surface area contributed by atoms with Crippen LogP contribution in [-0.2, 0) is 23.9 Å². The van der Waals surface area contributed by atoms with E-state index >= 15 is 0 Å². The standard InChI is InChI=1S/C27H34ClN3O5/c1-15-5-4-6-19(16(15)2)30-25(33)23-27-12-11-20(36-27)21(22(27)26(34)31(23)13-14-35-3)24(32)29-18-9-7-17(28)8-10-18/h7-12,15-16,19-23H,4-6,13-14H2,1-3H3,(H,29,32)(H,30,33)/t15?,16?,19?,20-,21?,22-,23?,27+/m1/s1. The average molecular weight is 516 g/mol.